The molecule has 1 N–H and O–H groups in total. The van der Waals surface area contributed by atoms with Gasteiger partial charge in [0.05, 0.1) is 6.04 Å². The van der Waals surface area contributed by atoms with Crippen LogP contribution in [-0.2, 0) is 5.41 Å². The minimum absolute atomic E-state index is 0.0515. The second kappa shape index (κ2) is 10.9. The van der Waals surface area contributed by atoms with Gasteiger partial charge >= 0.3 is 0 Å². The highest BCUT2D eigenvalue weighted by molar-refractivity contribution is 5.54. The Balaban J connectivity index is 3.20. The van der Waals surface area contributed by atoms with Gasteiger partial charge in [-0.2, -0.15) is 0 Å². The van der Waals surface area contributed by atoms with Crippen LogP contribution in [0.4, 0.5) is 5.69 Å². The van der Waals surface area contributed by atoms with Crippen LogP contribution in [0.25, 0.3) is 0 Å². The molecule has 1 aromatic rings. The zero-order valence-corrected chi connectivity index (χ0v) is 18.8. The highest BCUT2D eigenvalue weighted by Crippen LogP contribution is 2.28. The van der Waals surface area contributed by atoms with Crippen molar-refractivity contribution in [3.8, 4) is 0 Å². The van der Waals surface area contributed by atoms with Crippen LogP contribution < -0.4 is 10.2 Å². The third-order valence-electron chi connectivity index (χ3n) is 4.68. The van der Waals surface area contributed by atoms with Gasteiger partial charge in [-0.15, -0.1) is 0 Å². The molecule has 1 rings (SSSR count). The van der Waals surface area contributed by atoms with E-state index in [0.29, 0.717) is 0 Å². The van der Waals surface area contributed by atoms with Gasteiger partial charge in [0.25, 0.3) is 0 Å². The summed E-state index contributed by atoms with van der Waals surface area (Å²) in [5.74, 6) is 0. The number of allylic oxidation sites excluding steroid dienone is 1. The summed E-state index contributed by atoms with van der Waals surface area (Å²) >= 11 is 0. The Labute approximate surface area is 172 Å². The van der Waals surface area contributed by atoms with Gasteiger partial charge < -0.3 is 15.1 Å². The van der Waals surface area contributed by atoms with E-state index in [4.69, 9.17) is 0 Å². The number of benzene rings is 1. The lowest BCUT2D eigenvalue weighted by molar-refractivity contribution is 0.406. The third kappa shape index (κ3) is 7.01. The summed E-state index contributed by atoms with van der Waals surface area (Å²) < 4.78 is 0. The minimum Gasteiger partial charge on any atom is -0.386 e. The highest BCUT2D eigenvalue weighted by Gasteiger charge is 2.22. The summed E-state index contributed by atoms with van der Waals surface area (Å²) in [4.78, 5) is 8.40. The minimum atomic E-state index is -0.0515. The van der Waals surface area contributed by atoms with E-state index in [0.717, 1.165) is 30.0 Å². The highest BCUT2D eigenvalue weighted by atomic mass is 15.2. The number of rotatable bonds is 10. The van der Waals surface area contributed by atoms with Gasteiger partial charge in [0.1, 0.15) is 0 Å². The number of hydrogen-bond donors (Lipinski definition) is 1. The summed E-state index contributed by atoms with van der Waals surface area (Å²) in [6.07, 6.45) is 5.90. The van der Waals surface area contributed by atoms with Gasteiger partial charge in [-0.05, 0) is 56.4 Å². The van der Waals surface area contributed by atoms with Crippen molar-refractivity contribution in [2.45, 2.75) is 39.2 Å². The largest absolute Gasteiger partial charge is 0.386 e. The molecule has 0 amide bonds. The lowest BCUT2D eigenvalue weighted by Crippen LogP contribution is -2.40. The first-order valence-electron chi connectivity index (χ1n) is 9.81. The van der Waals surface area contributed by atoms with Gasteiger partial charge in [-0.3, -0.25) is 4.99 Å². The normalized spacial score (nSPS) is 13.6. The number of hydrogen-bond acceptors (Lipinski definition) is 4. The Kier molecular flexibility index (Phi) is 9.20. The van der Waals surface area contributed by atoms with Gasteiger partial charge in [-0.1, -0.05) is 51.6 Å². The van der Waals surface area contributed by atoms with E-state index in [-0.39, 0.29) is 11.5 Å². The van der Waals surface area contributed by atoms with E-state index in [1.165, 1.54) is 5.56 Å². The molecule has 0 bridgehead atoms. The van der Waals surface area contributed by atoms with Gasteiger partial charge in [0.15, 0.2) is 0 Å². The zero-order valence-electron chi connectivity index (χ0n) is 18.8. The monoisotopic (exact) mass is 382 g/mol. The molecule has 0 aliphatic heterocycles. The Morgan fingerprint density at radius 1 is 1.18 bits per heavy atom. The summed E-state index contributed by atoms with van der Waals surface area (Å²) in [6.45, 7) is 18.5. The van der Waals surface area contributed by atoms with Crippen LogP contribution in [0.3, 0.4) is 0 Å². The molecule has 1 atom stereocenters. The molecule has 0 spiro atoms. The van der Waals surface area contributed by atoms with E-state index >= 15 is 0 Å². The summed E-state index contributed by atoms with van der Waals surface area (Å²) in [6, 6.07) is 8.71. The van der Waals surface area contributed by atoms with Crippen molar-refractivity contribution in [2.24, 2.45) is 4.99 Å². The second-order valence-corrected chi connectivity index (χ2v) is 8.38. The molecule has 0 saturated carbocycles. The van der Waals surface area contributed by atoms with Crippen molar-refractivity contribution < 1.29 is 0 Å². The van der Waals surface area contributed by atoms with Crippen molar-refractivity contribution in [3.63, 3.8) is 0 Å². The summed E-state index contributed by atoms with van der Waals surface area (Å²) in [5.41, 5.74) is 4.57. The first kappa shape index (κ1) is 23.7. The van der Waals surface area contributed by atoms with Gasteiger partial charge in [0, 0.05) is 37.7 Å². The molecule has 0 aromatic heterocycles. The molecule has 0 saturated heterocycles. The van der Waals surface area contributed by atoms with Gasteiger partial charge in [-0.25, -0.2) is 0 Å². The quantitative estimate of drug-likeness (QED) is 0.473. The molecule has 0 aliphatic rings. The number of aliphatic imine (C=N–C) groups is 1. The maximum Gasteiger partial charge on any atom is 0.0946 e. The van der Waals surface area contributed by atoms with E-state index in [1.54, 1.807) is 0 Å². The third-order valence-corrected chi connectivity index (χ3v) is 4.68. The summed E-state index contributed by atoms with van der Waals surface area (Å²) in [7, 11) is 6.23. The molecular weight excluding hydrogens is 344 g/mol. The number of nitrogens with zero attached hydrogens (tertiary/aromatic N) is 3. The molecule has 1 aromatic carbocycles. The van der Waals surface area contributed by atoms with Crippen LogP contribution in [0.1, 0.15) is 33.3 Å². The van der Waals surface area contributed by atoms with Crippen molar-refractivity contribution in [1.82, 2.24) is 10.2 Å². The molecule has 28 heavy (non-hydrogen) atoms. The van der Waals surface area contributed by atoms with Gasteiger partial charge in [0.2, 0.25) is 0 Å². The molecule has 1 unspecified atom stereocenters. The lowest BCUT2D eigenvalue weighted by Gasteiger charge is -2.33. The Morgan fingerprint density at radius 2 is 1.79 bits per heavy atom. The van der Waals surface area contributed by atoms with Crippen molar-refractivity contribution in [3.05, 3.63) is 66.0 Å². The van der Waals surface area contributed by atoms with Crippen LogP contribution in [0.15, 0.2) is 65.5 Å². The second-order valence-electron chi connectivity index (χ2n) is 8.38. The maximum absolute atomic E-state index is 4.33. The smallest absolute Gasteiger partial charge is 0.0946 e. The predicted octanol–water partition coefficient (Wildman–Crippen LogP) is 4.61. The number of anilines is 1. The van der Waals surface area contributed by atoms with Crippen molar-refractivity contribution in [1.29, 1.82) is 0 Å². The molecular formula is C24H38N4. The molecule has 0 heterocycles. The zero-order chi connectivity index (χ0) is 21.3. The number of nitrogens with one attached hydrogen (secondary N) is 1. The molecule has 0 fully saturated rings. The van der Waals surface area contributed by atoms with E-state index in [1.807, 2.05) is 19.2 Å². The average Bonchev–Trinajstić information content (AvgIpc) is 2.61. The SMILES string of the molecule is C=N/C=C(\C=C/C)C(C(=C)NCCN(C)C)N(C)c1ccc(C(C)(C)C)cc1. The van der Waals surface area contributed by atoms with Crippen LogP contribution in [0.5, 0.6) is 0 Å². The standard InChI is InChI=1S/C24H38N4/c1-10-11-20(18-25-6)23(19(2)26-16-17-27(7)8)28(9)22-14-12-21(13-15-22)24(3,4)5/h10-15,18,23,26H,2,6,16-17H2,1,3-5,7-9H3/b11-10-,20-18+. The fraction of sp³-hybridized carbons (Fsp3) is 0.458. The summed E-state index contributed by atoms with van der Waals surface area (Å²) in [5, 5.41) is 3.48. The fourth-order valence-corrected chi connectivity index (χ4v) is 3.04. The topological polar surface area (TPSA) is 30.9 Å². The Morgan fingerprint density at radius 3 is 2.25 bits per heavy atom. The van der Waals surface area contributed by atoms with E-state index in [9.17, 15) is 0 Å². The van der Waals surface area contributed by atoms with Crippen LogP contribution in [-0.4, -0.2) is 51.9 Å². The van der Waals surface area contributed by atoms with E-state index < -0.39 is 0 Å². The number of likely N-dealkylation sites (N-methyl/N-ethyl adjacent to an activating group) is 2. The molecule has 4 heteroatoms. The van der Waals surface area contributed by atoms with Crippen molar-refractivity contribution in [2.75, 3.05) is 39.1 Å². The van der Waals surface area contributed by atoms with Crippen molar-refractivity contribution >= 4 is 12.4 Å². The molecule has 0 radical (unpaired) electrons. The average molecular weight is 383 g/mol. The lowest BCUT2D eigenvalue weighted by atomic mass is 9.87. The van der Waals surface area contributed by atoms with Crippen LogP contribution in [0, 0.1) is 0 Å². The van der Waals surface area contributed by atoms with E-state index in [2.05, 4.69) is 106 Å². The fourth-order valence-electron chi connectivity index (χ4n) is 3.04. The maximum atomic E-state index is 4.33. The first-order chi connectivity index (χ1) is 13.1. The van der Waals surface area contributed by atoms with Crippen LogP contribution >= 0.6 is 0 Å². The molecule has 0 aliphatic carbocycles. The first-order valence-corrected chi connectivity index (χ1v) is 9.81. The molecule has 4 nitrogen and oxygen atoms in total. The van der Waals surface area contributed by atoms with Crippen LogP contribution in [0.2, 0.25) is 0 Å². The Bertz CT molecular complexity index is 690. The molecule has 154 valence electrons. The Hall–Kier alpha value is -2.33. The predicted molar refractivity (Wildman–Crippen MR) is 125 cm³/mol.